The molecule has 0 aliphatic carbocycles. The lowest BCUT2D eigenvalue weighted by molar-refractivity contribution is -0.117. The zero-order valence-electron chi connectivity index (χ0n) is 22.7. The van der Waals surface area contributed by atoms with E-state index in [1.807, 2.05) is 13.1 Å². The Kier molecular flexibility index (Phi) is 8.18. The van der Waals surface area contributed by atoms with Gasteiger partial charge in [0.1, 0.15) is 28.1 Å². The molecule has 2 aromatic heterocycles. The van der Waals surface area contributed by atoms with E-state index in [-0.39, 0.29) is 40.0 Å². The fourth-order valence-corrected chi connectivity index (χ4v) is 4.58. The summed E-state index contributed by atoms with van der Waals surface area (Å²) in [5.74, 6) is 0.812. The smallest absolute Gasteiger partial charge is 0.254 e. The predicted molar refractivity (Wildman–Crippen MR) is 153 cm³/mol. The number of aryl methyl sites for hydroxylation is 1. The van der Waals surface area contributed by atoms with Crippen LogP contribution in [0.2, 0.25) is 10.0 Å². The van der Waals surface area contributed by atoms with Crippen LogP contribution in [0, 0.1) is 0 Å². The van der Waals surface area contributed by atoms with Crippen molar-refractivity contribution in [2.75, 3.05) is 14.2 Å². The lowest BCUT2D eigenvalue weighted by atomic mass is 9.92. The average molecular weight is 569 g/mol. The summed E-state index contributed by atoms with van der Waals surface area (Å²) in [6.07, 6.45) is 1.93. The molecule has 0 saturated heterocycles. The van der Waals surface area contributed by atoms with Crippen LogP contribution in [-0.4, -0.2) is 40.6 Å². The number of fused-ring (bicyclic) bond motifs is 1. The van der Waals surface area contributed by atoms with Crippen LogP contribution in [0.3, 0.4) is 0 Å². The number of Topliss-reactive ketones (excluding diaryl/α,β-unsaturated/α-hetero) is 1. The summed E-state index contributed by atoms with van der Waals surface area (Å²) in [5.41, 5.74) is 3.17. The maximum atomic E-state index is 12.9. The van der Waals surface area contributed by atoms with Crippen LogP contribution < -0.4 is 14.8 Å². The number of ketones is 1. The number of hydrogen-bond donors (Lipinski definition) is 1. The maximum Gasteiger partial charge on any atom is 0.254 e. The lowest BCUT2D eigenvalue weighted by Gasteiger charge is -2.14. The van der Waals surface area contributed by atoms with E-state index < -0.39 is 0 Å². The third kappa shape index (κ3) is 6.02. The van der Waals surface area contributed by atoms with Crippen molar-refractivity contribution in [2.24, 2.45) is 7.05 Å². The van der Waals surface area contributed by atoms with Crippen LogP contribution in [0.1, 0.15) is 48.1 Å². The second-order valence-corrected chi connectivity index (χ2v) is 11.0. The van der Waals surface area contributed by atoms with E-state index in [1.54, 1.807) is 48.3 Å². The summed E-state index contributed by atoms with van der Waals surface area (Å²) in [6.45, 7) is 6.25. The fourth-order valence-electron chi connectivity index (χ4n) is 4.14. The van der Waals surface area contributed by atoms with Gasteiger partial charge in [-0.05, 0) is 29.8 Å². The molecule has 0 fully saturated rings. The number of nitrogens with zero attached hydrogens (tertiary/aromatic N) is 3. The molecule has 4 rings (SSSR count). The standard InChI is InChI=1S/C29H30Cl2N4O4/c1-29(2,3)25-13-17(35(5)34-25)12-18(36)11-16-7-8-23(27(31)26(16)30)39-22-9-10-33-21-15-24(38-6)20(14-19(21)22)28(37)32-4/h7-10,13-15H,11-12H2,1-6H3,(H,32,37). The van der Waals surface area contributed by atoms with Crippen LogP contribution in [-0.2, 0) is 30.1 Å². The minimum Gasteiger partial charge on any atom is -0.496 e. The molecular weight excluding hydrogens is 539 g/mol. The van der Waals surface area contributed by atoms with Crippen LogP contribution in [0.25, 0.3) is 10.9 Å². The van der Waals surface area contributed by atoms with Gasteiger partial charge in [0, 0.05) is 55.7 Å². The van der Waals surface area contributed by atoms with E-state index in [4.69, 9.17) is 32.7 Å². The molecule has 1 amide bonds. The Hall–Kier alpha value is -3.62. The van der Waals surface area contributed by atoms with Gasteiger partial charge in [0.25, 0.3) is 5.91 Å². The van der Waals surface area contributed by atoms with Crippen LogP contribution in [0.4, 0.5) is 0 Å². The summed E-state index contributed by atoms with van der Waals surface area (Å²) in [7, 11) is 4.87. The van der Waals surface area contributed by atoms with Gasteiger partial charge in [0.2, 0.25) is 0 Å². The summed E-state index contributed by atoms with van der Waals surface area (Å²) in [6, 6.07) is 10.4. The Labute approximate surface area is 237 Å². The normalized spacial score (nSPS) is 11.5. The highest BCUT2D eigenvalue weighted by Crippen LogP contribution is 2.40. The Balaban J connectivity index is 1.58. The van der Waals surface area contributed by atoms with Crippen molar-refractivity contribution in [1.29, 1.82) is 0 Å². The molecule has 0 unspecified atom stereocenters. The average Bonchev–Trinajstić information content (AvgIpc) is 3.27. The molecule has 1 N–H and O–H groups in total. The zero-order valence-corrected chi connectivity index (χ0v) is 24.2. The molecule has 2 aromatic carbocycles. The molecule has 8 nitrogen and oxygen atoms in total. The van der Waals surface area contributed by atoms with Gasteiger partial charge in [0.15, 0.2) is 0 Å². The van der Waals surface area contributed by atoms with Gasteiger partial charge in [-0.2, -0.15) is 5.10 Å². The third-order valence-corrected chi connectivity index (χ3v) is 7.26. The largest absolute Gasteiger partial charge is 0.496 e. The lowest BCUT2D eigenvalue weighted by Crippen LogP contribution is -2.18. The van der Waals surface area contributed by atoms with Crippen LogP contribution in [0.15, 0.2) is 42.6 Å². The van der Waals surface area contributed by atoms with Gasteiger partial charge in [-0.1, -0.05) is 50.0 Å². The Morgan fingerprint density at radius 3 is 2.38 bits per heavy atom. The number of halogens is 2. The van der Waals surface area contributed by atoms with E-state index in [0.29, 0.717) is 39.3 Å². The quantitative estimate of drug-likeness (QED) is 0.276. The Morgan fingerprint density at radius 2 is 1.74 bits per heavy atom. The fraction of sp³-hybridized carbons (Fsp3) is 0.310. The molecule has 0 aliphatic heterocycles. The number of benzene rings is 2. The minimum absolute atomic E-state index is 0.0131. The number of carbonyl (C=O) groups excluding carboxylic acids is 2. The molecule has 0 aliphatic rings. The molecule has 204 valence electrons. The number of carbonyl (C=O) groups is 2. The van der Waals surface area contributed by atoms with Gasteiger partial charge >= 0.3 is 0 Å². The first-order valence-electron chi connectivity index (χ1n) is 12.3. The van der Waals surface area contributed by atoms with E-state index in [0.717, 1.165) is 11.4 Å². The number of pyridine rings is 1. The summed E-state index contributed by atoms with van der Waals surface area (Å²) < 4.78 is 13.2. The summed E-state index contributed by atoms with van der Waals surface area (Å²) in [5, 5.41) is 8.17. The van der Waals surface area contributed by atoms with Gasteiger partial charge in [-0.15, -0.1) is 0 Å². The number of rotatable bonds is 8. The van der Waals surface area contributed by atoms with Crippen molar-refractivity contribution >= 4 is 45.8 Å². The van der Waals surface area contributed by atoms with E-state index >= 15 is 0 Å². The molecular formula is C29H30Cl2N4O4. The number of nitrogens with one attached hydrogen (secondary N) is 1. The van der Waals surface area contributed by atoms with Crippen molar-refractivity contribution in [1.82, 2.24) is 20.1 Å². The van der Waals surface area contributed by atoms with Crippen LogP contribution >= 0.6 is 23.2 Å². The van der Waals surface area contributed by atoms with Crippen LogP contribution in [0.5, 0.6) is 17.2 Å². The second-order valence-electron chi connectivity index (χ2n) is 10.2. The first kappa shape index (κ1) is 28.4. The van der Waals surface area contributed by atoms with Crippen molar-refractivity contribution in [3.8, 4) is 17.2 Å². The number of methoxy groups -OCH3 is 1. The van der Waals surface area contributed by atoms with E-state index in [1.165, 1.54) is 7.11 Å². The summed E-state index contributed by atoms with van der Waals surface area (Å²) in [4.78, 5) is 29.7. The molecule has 0 saturated carbocycles. The van der Waals surface area contributed by atoms with Gasteiger partial charge in [-0.25, -0.2) is 0 Å². The molecule has 0 bridgehead atoms. The Bertz CT molecular complexity index is 1570. The second kappa shape index (κ2) is 11.2. The first-order valence-corrected chi connectivity index (χ1v) is 13.1. The molecule has 0 radical (unpaired) electrons. The van der Waals surface area contributed by atoms with Gasteiger partial charge in [-0.3, -0.25) is 19.3 Å². The number of aromatic nitrogens is 3. The van der Waals surface area contributed by atoms with Gasteiger partial charge in [0.05, 0.1) is 28.9 Å². The minimum atomic E-state index is -0.306. The highest BCUT2D eigenvalue weighted by Gasteiger charge is 2.21. The van der Waals surface area contributed by atoms with Crippen molar-refractivity contribution in [3.63, 3.8) is 0 Å². The maximum absolute atomic E-state index is 12.9. The molecule has 0 atom stereocenters. The van der Waals surface area contributed by atoms with Crippen molar-refractivity contribution < 1.29 is 19.1 Å². The molecule has 4 aromatic rings. The van der Waals surface area contributed by atoms with Crippen molar-refractivity contribution in [2.45, 2.75) is 39.0 Å². The SMILES string of the molecule is CNC(=O)c1cc2c(Oc3ccc(CC(=O)Cc4cc(C(C)(C)C)nn4C)c(Cl)c3Cl)ccnc2cc1OC. The van der Waals surface area contributed by atoms with Gasteiger partial charge < -0.3 is 14.8 Å². The topological polar surface area (TPSA) is 95.3 Å². The monoisotopic (exact) mass is 568 g/mol. The summed E-state index contributed by atoms with van der Waals surface area (Å²) >= 11 is 13.2. The highest BCUT2D eigenvalue weighted by molar-refractivity contribution is 6.43. The van der Waals surface area contributed by atoms with E-state index in [9.17, 15) is 9.59 Å². The molecule has 0 spiro atoms. The van der Waals surface area contributed by atoms with Crippen molar-refractivity contribution in [3.05, 3.63) is 75.2 Å². The number of hydrogen-bond acceptors (Lipinski definition) is 6. The highest BCUT2D eigenvalue weighted by atomic mass is 35.5. The third-order valence-electron chi connectivity index (χ3n) is 6.35. The predicted octanol–water partition coefficient (Wildman–Crippen LogP) is 6.09. The first-order chi connectivity index (χ1) is 18.4. The zero-order chi connectivity index (χ0) is 28.5. The number of ether oxygens (including phenoxy) is 2. The Morgan fingerprint density at radius 1 is 1.00 bits per heavy atom. The molecule has 2 heterocycles. The van der Waals surface area contributed by atoms with E-state index in [2.05, 4.69) is 36.2 Å². The number of amides is 1. The molecule has 10 heteroatoms. The molecule has 39 heavy (non-hydrogen) atoms.